The Morgan fingerprint density at radius 2 is 2.03 bits per heavy atom. The van der Waals surface area contributed by atoms with Gasteiger partial charge in [0, 0.05) is 25.6 Å². The molecule has 2 aromatic carbocycles. The Kier molecular flexibility index (Phi) is 5.10. The molecule has 0 saturated carbocycles. The molecule has 9 nitrogen and oxygen atoms in total. The van der Waals surface area contributed by atoms with Crippen LogP contribution in [0.1, 0.15) is 16.7 Å². The molecule has 35 heavy (non-hydrogen) atoms. The molecule has 0 atom stereocenters. The lowest BCUT2D eigenvalue weighted by molar-refractivity contribution is 0.620. The number of anilines is 2. The third-order valence-corrected chi connectivity index (χ3v) is 6.65. The molecule has 6 rings (SSSR count). The number of rotatable bonds is 5. The van der Waals surface area contributed by atoms with Gasteiger partial charge in [0.1, 0.15) is 23.4 Å². The normalized spacial score (nSPS) is 13.1. The fraction of sp³-hybridized carbons (Fsp3) is 0.240. The summed E-state index contributed by atoms with van der Waals surface area (Å²) in [4.78, 5) is 13.5. The quantitative estimate of drug-likeness (QED) is 0.377. The maximum atomic E-state index is 9.29. The fourth-order valence-electron chi connectivity index (χ4n) is 4.88. The van der Waals surface area contributed by atoms with Crippen LogP contribution in [0.4, 0.5) is 11.8 Å². The summed E-state index contributed by atoms with van der Waals surface area (Å²) in [7, 11) is 3.63. The van der Waals surface area contributed by atoms with Gasteiger partial charge in [0.2, 0.25) is 0 Å². The average molecular weight is 462 g/mol. The summed E-state index contributed by atoms with van der Waals surface area (Å²) < 4.78 is 7.61. The van der Waals surface area contributed by atoms with Crippen LogP contribution in [0.25, 0.3) is 33.4 Å². The molecule has 0 fully saturated rings. The molecule has 0 spiro atoms. The van der Waals surface area contributed by atoms with Gasteiger partial charge in [-0.3, -0.25) is 0 Å². The van der Waals surface area contributed by atoms with Gasteiger partial charge in [-0.05, 0) is 42.1 Å². The molecule has 3 aromatic heterocycles. The number of aromatic nitrogens is 5. The highest BCUT2D eigenvalue weighted by molar-refractivity contribution is 6.66. The Morgan fingerprint density at radius 1 is 1.11 bits per heavy atom. The van der Waals surface area contributed by atoms with Crippen molar-refractivity contribution in [3.8, 4) is 17.2 Å². The highest BCUT2D eigenvalue weighted by Gasteiger charge is 2.23. The molecule has 0 aliphatic carbocycles. The maximum absolute atomic E-state index is 9.29. The number of benzene rings is 2. The van der Waals surface area contributed by atoms with Crippen LogP contribution < -0.4 is 10.6 Å². The highest BCUT2D eigenvalue weighted by Crippen LogP contribution is 2.34. The Bertz CT molecular complexity index is 1620. The topological polar surface area (TPSA) is 117 Å². The van der Waals surface area contributed by atoms with E-state index in [1.807, 2.05) is 29.9 Å². The van der Waals surface area contributed by atoms with Gasteiger partial charge in [0.25, 0.3) is 12.7 Å². The van der Waals surface area contributed by atoms with E-state index in [0.717, 1.165) is 58.2 Å². The van der Waals surface area contributed by atoms with E-state index in [9.17, 15) is 5.26 Å². The summed E-state index contributed by atoms with van der Waals surface area (Å²) in [6.07, 6.45) is 4.25. The predicted molar refractivity (Wildman–Crippen MR) is 137 cm³/mol. The van der Waals surface area contributed by atoms with E-state index < -0.39 is 0 Å². The average Bonchev–Trinajstić information content (AvgIpc) is 3.49. The van der Waals surface area contributed by atoms with Crippen molar-refractivity contribution in [1.29, 1.82) is 5.26 Å². The van der Waals surface area contributed by atoms with Crippen molar-refractivity contribution >= 4 is 40.7 Å². The lowest BCUT2D eigenvalue weighted by Gasteiger charge is -2.18. The number of aryl methyl sites for hydroxylation is 1. The van der Waals surface area contributed by atoms with Crippen LogP contribution >= 0.6 is 0 Å². The molecular formula is C25H23BN8O. The van der Waals surface area contributed by atoms with Crippen molar-refractivity contribution in [3.05, 3.63) is 59.4 Å². The Hall–Kier alpha value is -4.39. The van der Waals surface area contributed by atoms with E-state index in [2.05, 4.69) is 49.8 Å². The SMILES string of the molecule is CNc1nc2cc(-c3nn(Cc4ccc5c(c4)CCB(C#N)C5)c4ncnc(NC)c34)ccc2o1. The zero-order chi connectivity index (χ0) is 23.9. The van der Waals surface area contributed by atoms with Gasteiger partial charge in [0.05, 0.1) is 11.9 Å². The number of nitriles is 1. The van der Waals surface area contributed by atoms with Crippen molar-refractivity contribution in [2.24, 2.45) is 0 Å². The number of hydrogen-bond acceptors (Lipinski definition) is 8. The van der Waals surface area contributed by atoms with E-state index >= 15 is 0 Å². The molecule has 0 bridgehead atoms. The zero-order valence-electron chi connectivity index (χ0n) is 19.5. The van der Waals surface area contributed by atoms with E-state index in [4.69, 9.17) is 9.52 Å². The van der Waals surface area contributed by atoms with Gasteiger partial charge in [-0.25, -0.2) is 19.9 Å². The van der Waals surface area contributed by atoms with Crippen molar-refractivity contribution < 1.29 is 4.42 Å². The molecule has 1 aliphatic heterocycles. The van der Waals surface area contributed by atoms with Crippen LogP contribution in [-0.4, -0.2) is 45.5 Å². The summed E-state index contributed by atoms with van der Waals surface area (Å²) in [5, 5.41) is 21.3. The van der Waals surface area contributed by atoms with E-state index in [0.29, 0.717) is 18.1 Å². The van der Waals surface area contributed by atoms with Crippen LogP contribution in [-0.2, 0) is 19.3 Å². The van der Waals surface area contributed by atoms with Gasteiger partial charge < -0.3 is 15.1 Å². The van der Waals surface area contributed by atoms with Crippen LogP contribution in [0.3, 0.4) is 0 Å². The molecule has 0 radical (unpaired) electrons. The monoisotopic (exact) mass is 462 g/mol. The molecular weight excluding hydrogens is 439 g/mol. The van der Waals surface area contributed by atoms with Crippen LogP contribution in [0.15, 0.2) is 47.1 Å². The molecule has 2 N–H and O–H groups in total. The molecule has 5 aromatic rings. The molecule has 4 heterocycles. The molecule has 0 saturated heterocycles. The van der Waals surface area contributed by atoms with Crippen molar-refractivity contribution in [2.45, 2.75) is 25.6 Å². The van der Waals surface area contributed by atoms with Gasteiger partial charge in [0.15, 0.2) is 11.2 Å². The van der Waals surface area contributed by atoms with E-state index in [1.165, 1.54) is 11.1 Å². The number of fused-ring (bicyclic) bond motifs is 3. The van der Waals surface area contributed by atoms with Crippen LogP contribution in [0.2, 0.25) is 6.32 Å². The lowest BCUT2D eigenvalue weighted by Crippen LogP contribution is -2.22. The first-order chi connectivity index (χ1) is 17.2. The molecule has 172 valence electrons. The third-order valence-electron chi connectivity index (χ3n) is 6.65. The van der Waals surface area contributed by atoms with E-state index in [1.54, 1.807) is 13.4 Å². The summed E-state index contributed by atoms with van der Waals surface area (Å²) in [6, 6.07) is 12.9. The molecule has 0 unspecified atom stereocenters. The summed E-state index contributed by atoms with van der Waals surface area (Å²) in [5.74, 6) is 3.14. The smallest absolute Gasteiger partial charge is 0.295 e. The minimum Gasteiger partial charge on any atom is -0.424 e. The second-order valence-electron chi connectivity index (χ2n) is 8.80. The number of nitrogens with zero attached hydrogens (tertiary/aromatic N) is 6. The van der Waals surface area contributed by atoms with Gasteiger partial charge in [-0.15, -0.1) is 0 Å². The molecule has 1 aliphatic rings. The zero-order valence-corrected chi connectivity index (χ0v) is 19.5. The van der Waals surface area contributed by atoms with Crippen molar-refractivity contribution in [1.82, 2.24) is 24.7 Å². The van der Waals surface area contributed by atoms with Crippen molar-refractivity contribution in [3.63, 3.8) is 0 Å². The summed E-state index contributed by atoms with van der Waals surface area (Å²) in [6.45, 7) is 0.704. The van der Waals surface area contributed by atoms with Gasteiger partial charge >= 0.3 is 0 Å². The minimum atomic E-state index is 0.119. The minimum absolute atomic E-state index is 0.119. The first-order valence-electron chi connectivity index (χ1n) is 11.6. The summed E-state index contributed by atoms with van der Waals surface area (Å²) in [5.41, 5.74) is 7.69. The Balaban J connectivity index is 1.43. The number of hydrogen-bond donors (Lipinski definition) is 2. The Morgan fingerprint density at radius 3 is 2.86 bits per heavy atom. The van der Waals surface area contributed by atoms with Crippen LogP contribution in [0.5, 0.6) is 0 Å². The second-order valence-corrected chi connectivity index (χ2v) is 8.80. The standard InChI is InChI=1S/C25H23BN8O/c1-28-23-21-22(17-5-6-20-19(10-17)32-25(29-2)35-20)33-34(24(21)31-14-30-23)12-15-3-4-18-11-26(13-27)8-7-16(18)9-15/h3-6,9-10,14H,7-8,11-12H2,1-2H3,(H,29,32)(H,28,30,31). The van der Waals surface area contributed by atoms with Crippen LogP contribution in [0, 0.1) is 11.2 Å². The molecule has 10 heteroatoms. The first kappa shape index (κ1) is 21.2. The summed E-state index contributed by atoms with van der Waals surface area (Å²) >= 11 is 0. The fourth-order valence-corrected chi connectivity index (χ4v) is 4.88. The van der Waals surface area contributed by atoms with Gasteiger partial charge in [-0.1, -0.05) is 30.1 Å². The highest BCUT2D eigenvalue weighted by atomic mass is 16.4. The van der Waals surface area contributed by atoms with Gasteiger partial charge in [-0.2, -0.15) is 10.1 Å². The van der Waals surface area contributed by atoms with Crippen molar-refractivity contribution in [2.75, 3.05) is 24.7 Å². The number of nitrogens with one attached hydrogen (secondary N) is 2. The maximum Gasteiger partial charge on any atom is 0.295 e. The van der Waals surface area contributed by atoms with E-state index in [-0.39, 0.29) is 6.71 Å². The predicted octanol–water partition coefficient (Wildman–Crippen LogP) is 3.96. The number of oxazole rings is 1. The molecule has 0 amide bonds. The Labute approximate surface area is 202 Å². The largest absolute Gasteiger partial charge is 0.424 e. The third kappa shape index (κ3) is 3.65. The first-order valence-corrected chi connectivity index (χ1v) is 11.6. The second kappa shape index (κ2) is 8.44. The lowest BCUT2D eigenvalue weighted by atomic mass is 9.42.